The molecule has 5 rings (SSSR count). The summed E-state index contributed by atoms with van der Waals surface area (Å²) in [5.41, 5.74) is 3.87. The van der Waals surface area contributed by atoms with Crippen LogP contribution in [0.2, 0.25) is 0 Å². The first-order valence-electron chi connectivity index (χ1n) is 11.1. The van der Waals surface area contributed by atoms with Crippen molar-refractivity contribution in [2.75, 3.05) is 11.9 Å². The van der Waals surface area contributed by atoms with Crippen LogP contribution in [-0.4, -0.2) is 45.0 Å². The summed E-state index contributed by atoms with van der Waals surface area (Å²) in [7, 11) is 1.63. The fraction of sp³-hybridized carbons (Fsp3) is 0.280. The van der Waals surface area contributed by atoms with Crippen molar-refractivity contribution in [2.45, 2.75) is 30.7 Å². The molecule has 3 aromatic rings. The summed E-state index contributed by atoms with van der Waals surface area (Å²) < 4.78 is 6.95. The Kier molecular flexibility index (Phi) is 5.31. The van der Waals surface area contributed by atoms with Gasteiger partial charge in [0, 0.05) is 19.2 Å². The molecular weight excluding hydrogens is 436 g/mol. The lowest BCUT2D eigenvalue weighted by Gasteiger charge is -2.16. The molecule has 0 aliphatic heterocycles. The maximum Gasteiger partial charge on any atom is 0.412 e. The van der Waals surface area contributed by atoms with Crippen LogP contribution in [0.4, 0.5) is 10.6 Å². The molecular formula is C25H24N4O5. The Balaban J connectivity index is 1.27. The lowest BCUT2D eigenvalue weighted by atomic mass is 9.98. The molecule has 0 saturated heterocycles. The quantitative estimate of drug-likeness (QED) is 0.496. The van der Waals surface area contributed by atoms with Crippen LogP contribution in [0.15, 0.2) is 54.7 Å². The number of aryl methyl sites for hydroxylation is 1. The van der Waals surface area contributed by atoms with Gasteiger partial charge in [-0.3, -0.25) is 19.6 Å². The standard InChI is InChI=1S/C25H24N4O5/c1-29-13-19(23(32)27-25(10-11-25)12-21(30)31)22(28-29)26-24(33)34-14-20-17-8-4-2-6-15(17)16-7-3-5-9-18(16)20/h2-9,13,20H,10-12,14H2,1H3,(H,27,32)(H,30,31)(H,26,28,33). The number of hydrogen-bond donors (Lipinski definition) is 3. The third-order valence-electron chi connectivity index (χ3n) is 6.36. The normalized spacial score (nSPS) is 15.2. The summed E-state index contributed by atoms with van der Waals surface area (Å²) in [5.74, 6) is -1.49. The van der Waals surface area contributed by atoms with E-state index in [4.69, 9.17) is 9.84 Å². The molecule has 1 fully saturated rings. The van der Waals surface area contributed by atoms with Crippen LogP contribution in [0.25, 0.3) is 11.1 Å². The summed E-state index contributed by atoms with van der Waals surface area (Å²) in [6.45, 7) is 0.135. The fourth-order valence-corrected chi connectivity index (χ4v) is 4.57. The Hall–Kier alpha value is -4.14. The molecule has 174 valence electrons. The zero-order chi connectivity index (χ0) is 23.9. The predicted molar refractivity (Wildman–Crippen MR) is 124 cm³/mol. The number of carbonyl (C=O) groups excluding carboxylic acids is 2. The summed E-state index contributed by atoms with van der Waals surface area (Å²) in [6.07, 6.45) is 1.81. The minimum absolute atomic E-state index is 0.0587. The molecule has 2 aliphatic carbocycles. The Morgan fingerprint density at radius 1 is 1.09 bits per heavy atom. The number of nitrogens with one attached hydrogen (secondary N) is 2. The van der Waals surface area contributed by atoms with Gasteiger partial charge in [-0.1, -0.05) is 48.5 Å². The highest BCUT2D eigenvalue weighted by atomic mass is 16.5. The maximum absolute atomic E-state index is 12.8. The smallest absolute Gasteiger partial charge is 0.412 e. The van der Waals surface area contributed by atoms with Gasteiger partial charge < -0.3 is 15.2 Å². The van der Waals surface area contributed by atoms with Crippen molar-refractivity contribution in [1.29, 1.82) is 0 Å². The number of ether oxygens (including phenoxy) is 1. The molecule has 1 saturated carbocycles. The van der Waals surface area contributed by atoms with Crippen LogP contribution in [0.5, 0.6) is 0 Å². The van der Waals surface area contributed by atoms with E-state index in [2.05, 4.69) is 27.9 Å². The van der Waals surface area contributed by atoms with E-state index >= 15 is 0 Å². The highest BCUT2D eigenvalue weighted by Crippen LogP contribution is 2.44. The van der Waals surface area contributed by atoms with Crippen LogP contribution in [0.1, 0.15) is 46.7 Å². The second kappa shape index (κ2) is 8.33. The Morgan fingerprint density at radius 2 is 1.71 bits per heavy atom. The molecule has 3 N–H and O–H groups in total. The zero-order valence-electron chi connectivity index (χ0n) is 18.6. The molecule has 0 spiro atoms. The average Bonchev–Trinajstić information content (AvgIpc) is 3.31. The monoisotopic (exact) mass is 460 g/mol. The number of hydrogen-bond acceptors (Lipinski definition) is 5. The molecule has 0 radical (unpaired) electrons. The fourth-order valence-electron chi connectivity index (χ4n) is 4.57. The minimum atomic E-state index is -0.971. The van der Waals surface area contributed by atoms with E-state index in [0.29, 0.717) is 12.8 Å². The van der Waals surface area contributed by atoms with Crippen LogP contribution in [0, 0.1) is 0 Å². The number of fused-ring (bicyclic) bond motifs is 3. The van der Waals surface area contributed by atoms with Crippen molar-refractivity contribution in [3.8, 4) is 11.1 Å². The van der Waals surface area contributed by atoms with Crippen LogP contribution >= 0.6 is 0 Å². The first-order chi connectivity index (χ1) is 16.3. The van der Waals surface area contributed by atoms with E-state index in [1.54, 1.807) is 7.05 Å². The van der Waals surface area contributed by atoms with Gasteiger partial charge in [-0.2, -0.15) is 5.10 Å². The zero-order valence-corrected chi connectivity index (χ0v) is 18.6. The van der Waals surface area contributed by atoms with Gasteiger partial charge in [0.1, 0.15) is 12.2 Å². The number of carbonyl (C=O) groups is 3. The average molecular weight is 460 g/mol. The van der Waals surface area contributed by atoms with E-state index in [1.165, 1.54) is 10.9 Å². The van der Waals surface area contributed by atoms with Gasteiger partial charge in [0.05, 0.1) is 12.0 Å². The molecule has 0 unspecified atom stereocenters. The second-order valence-electron chi connectivity index (χ2n) is 8.82. The number of aliphatic carboxylic acids is 1. The number of amides is 2. The first-order valence-corrected chi connectivity index (χ1v) is 11.1. The number of aromatic nitrogens is 2. The molecule has 34 heavy (non-hydrogen) atoms. The van der Waals surface area contributed by atoms with Gasteiger partial charge in [-0.05, 0) is 35.1 Å². The van der Waals surface area contributed by atoms with Gasteiger partial charge >= 0.3 is 12.1 Å². The number of carboxylic acids is 1. The summed E-state index contributed by atoms with van der Waals surface area (Å²) >= 11 is 0. The van der Waals surface area contributed by atoms with E-state index < -0.39 is 23.5 Å². The van der Waals surface area contributed by atoms with Crippen molar-refractivity contribution >= 4 is 23.8 Å². The third-order valence-corrected chi connectivity index (χ3v) is 6.36. The van der Waals surface area contributed by atoms with Crippen molar-refractivity contribution < 1.29 is 24.2 Å². The Morgan fingerprint density at radius 3 is 2.29 bits per heavy atom. The van der Waals surface area contributed by atoms with Crippen molar-refractivity contribution in [3.63, 3.8) is 0 Å². The van der Waals surface area contributed by atoms with E-state index in [0.717, 1.165) is 22.3 Å². The van der Waals surface area contributed by atoms with Gasteiger partial charge in [0.25, 0.3) is 5.91 Å². The lowest BCUT2D eigenvalue weighted by molar-refractivity contribution is -0.137. The van der Waals surface area contributed by atoms with Crippen molar-refractivity contribution in [3.05, 3.63) is 71.4 Å². The number of rotatable bonds is 7. The molecule has 9 nitrogen and oxygen atoms in total. The van der Waals surface area contributed by atoms with Crippen LogP contribution in [-0.2, 0) is 16.6 Å². The molecule has 2 aliphatic rings. The topological polar surface area (TPSA) is 123 Å². The van der Waals surface area contributed by atoms with Crippen molar-refractivity contribution in [2.24, 2.45) is 7.05 Å². The predicted octanol–water partition coefficient (Wildman–Crippen LogP) is 3.52. The lowest BCUT2D eigenvalue weighted by Crippen LogP contribution is -2.38. The number of nitrogens with zero attached hydrogens (tertiary/aromatic N) is 2. The first kappa shape index (κ1) is 21.7. The van der Waals surface area contributed by atoms with Gasteiger partial charge in [-0.15, -0.1) is 0 Å². The van der Waals surface area contributed by atoms with E-state index in [9.17, 15) is 14.4 Å². The maximum atomic E-state index is 12.8. The SMILES string of the molecule is Cn1cc(C(=O)NC2(CC(=O)O)CC2)c(NC(=O)OCC2c3ccccc3-c3ccccc32)n1. The molecule has 0 atom stereocenters. The highest BCUT2D eigenvalue weighted by molar-refractivity contribution is 6.02. The van der Waals surface area contributed by atoms with E-state index in [1.807, 2.05) is 36.4 Å². The molecule has 1 heterocycles. The second-order valence-corrected chi connectivity index (χ2v) is 8.82. The Labute approximate surface area is 195 Å². The summed E-state index contributed by atoms with van der Waals surface area (Å²) in [5, 5.41) is 18.6. The number of carboxylic acid groups (broad SMARTS) is 1. The summed E-state index contributed by atoms with van der Waals surface area (Å²) in [4.78, 5) is 36.5. The molecule has 2 amide bonds. The third kappa shape index (κ3) is 4.12. The van der Waals surface area contributed by atoms with Gasteiger partial charge in [0.2, 0.25) is 0 Å². The molecule has 2 aromatic carbocycles. The van der Waals surface area contributed by atoms with Crippen LogP contribution in [0.3, 0.4) is 0 Å². The van der Waals surface area contributed by atoms with Gasteiger partial charge in [-0.25, -0.2) is 4.79 Å². The summed E-state index contributed by atoms with van der Waals surface area (Å²) in [6, 6.07) is 16.1. The Bertz CT molecular complexity index is 1250. The van der Waals surface area contributed by atoms with E-state index in [-0.39, 0.29) is 30.3 Å². The minimum Gasteiger partial charge on any atom is -0.481 e. The molecule has 1 aromatic heterocycles. The largest absolute Gasteiger partial charge is 0.481 e. The van der Waals surface area contributed by atoms with Gasteiger partial charge in [0.15, 0.2) is 5.82 Å². The number of benzene rings is 2. The molecule has 0 bridgehead atoms. The molecule has 9 heteroatoms. The van der Waals surface area contributed by atoms with Crippen molar-refractivity contribution in [1.82, 2.24) is 15.1 Å². The van der Waals surface area contributed by atoms with Crippen LogP contribution < -0.4 is 10.6 Å². The highest BCUT2D eigenvalue weighted by Gasteiger charge is 2.46. The number of anilines is 1.